The molecule has 0 radical (unpaired) electrons. The molecule has 6 N–H and O–H groups in total. The van der Waals surface area contributed by atoms with Gasteiger partial charge in [-0.15, -0.1) is 0 Å². The molecule has 88 valence electrons. The number of hydrogen-bond donors (Lipinski definition) is 4. The summed E-state index contributed by atoms with van der Waals surface area (Å²) in [6, 6.07) is 3.83. The van der Waals surface area contributed by atoms with Gasteiger partial charge in [0, 0.05) is 11.4 Å². The van der Waals surface area contributed by atoms with Gasteiger partial charge in [-0.2, -0.15) is 0 Å². The number of hydrogen-bond acceptors (Lipinski definition) is 5. The van der Waals surface area contributed by atoms with E-state index in [4.69, 9.17) is 16.0 Å². The minimum Gasteiger partial charge on any atom is -0.480 e. The molecule has 0 spiro atoms. The summed E-state index contributed by atoms with van der Waals surface area (Å²) < 4.78 is 22.1. The van der Waals surface area contributed by atoms with Crippen molar-refractivity contribution in [1.29, 1.82) is 0 Å². The predicted octanol–water partition coefficient (Wildman–Crippen LogP) is -0.587. The minimum atomic E-state index is -3.85. The maximum atomic E-state index is 11.1. The Morgan fingerprint density at radius 1 is 1.38 bits per heavy atom. The van der Waals surface area contributed by atoms with Gasteiger partial charge in [-0.05, 0) is 18.2 Å². The molecule has 1 aromatic rings. The molecule has 0 bridgehead atoms. The third kappa shape index (κ3) is 3.41. The Balaban J connectivity index is 3.04. The molecule has 0 aromatic heterocycles. The molecular formula is C8H11N3O4S. The summed E-state index contributed by atoms with van der Waals surface area (Å²) in [5.41, 5.74) is 5.92. The second-order valence-electron chi connectivity index (χ2n) is 3.08. The zero-order valence-corrected chi connectivity index (χ0v) is 8.99. The number of carbonyl (C=O) groups is 1. The van der Waals surface area contributed by atoms with Gasteiger partial charge in [0.05, 0.1) is 4.90 Å². The molecule has 0 amide bonds. The molecule has 1 aromatic carbocycles. The lowest BCUT2D eigenvalue weighted by molar-refractivity contribution is -0.134. The number of nitrogens with two attached hydrogens (primary N) is 2. The molecule has 0 unspecified atom stereocenters. The Bertz CT molecular complexity index is 512. The van der Waals surface area contributed by atoms with Crippen LogP contribution in [0.5, 0.6) is 0 Å². The van der Waals surface area contributed by atoms with E-state index in [1.54, 1.807) is 0 Å². The Kier molecular flexibility index (Phi) is 3.35. The summed E-state index contributed by atoms with van der Waals surface area (Å²) in [6.07, 6.45) is 0. The quantitative estimate of drug-likeness (QED) is 0.523. The molecule has 8 heteroatoms. The maximum Gasteiger partial charge on any atom is 0.322 e. The van der Waals surface area contributed by atoms with E-state index in [0.29, 0.717) is 0 Å². The second-order valence-corrected chi connectivity index (χ2v) is 4.64. The van der Waals surface area contributed by atoms with Crippen LogP contribution in [-0.2, 0) is 14.8 Å². The van der Waals surface area contributed by atoms with E-state index in [9.17, 15) is 13.2 Å². The fraction of sp³-hybridized carbons (Fsp3) is 0.125. The zero-order chi connectivity index (χ0) is 12.3. The number of primary sulfonamides is 1. The fourth-order valence-electron chi connectivity index (χ4n) is 1.07. The Hall–Kier alpha value is -1.80. The normalized spacial score (nSPS) is 11.1. The number of aliphatic carboxylic acids is 1. The molecular weight excluding hydrogens is 234 g/mol. The zero-order valence-electron chi connectivity index (χ0n) is 8.17. The van der Waals surface area contributed by atoms with E-state index in [1.165, 1.54) is 18.2 Å². The van der Waals surface area contributed by atoms with Crippen LogP contribution in [0.15, 0.2) is 23.1 Å². The van der Waals surface area contributed by atoms with Crippen molar-refractivity contribution in [1.82, 2.24) is 0 Å². The van der Waals surface area contributed by atoms with Gasteiger partial charge in [-0.1, -0.05) is 0 Å². The number of carboxylic acids is 1. The second kappa shape index (κ2) is 4.37. The first-order valence-electron chi connectivity index (χ1n) is 4.18. The summed E-state index contributed by atoms with van der Waals surface area (Å²) in [5, 5.41) is 15.9. The molecule has 0 saturated carbocycles. The van der Waals surface area contributed by atoms with Gasteiger partial charge >= 0.3 is 5.97 Å². The van der Waals surface area contributed by atoms with Crippen LogP contribution in [0.1, 0.15) is 0 Å². The summed E-state index contributed by atoms with van der Waals surface area (Å²) in [5.74, 6) is -1.07. The highest BCUT2D eigenvalue weighted by molar-refractivity contribution is 7.89. The van der Waals surface area contributed by atoms with E-state index in [0.717, 1.165) is 0 Å². The van der Waals surface area contributed by atoms with Gasteiger partial charge in [0.15, 0.2) is 0 Å². The Labute approximate surface area is 92.1 Å². The lowest BCUT2D eigenvalue weighted by Gasteiger charge is -2.07. The van der Waals surface area contributed by atoms with E-state index in [2.05, 4.69) is 5.32 Å². The van der Waals surface area contributed by atoms with Crippen molar-refractivity contribution in [2.45, 2.75) is 4.90 Å². The number of nitrogens with one attached hydrogen (secondary N) is 1. The smallest absolute Gasteiger partial charge is 0.322 e. The monoisotopic (exact) mass is 245 g/mol. The van der Waals surface area contributed by atoms with E-state index in [-0.39, 0.29) is 22.8 Å². The van der Waals surface area contributed by atoms with Crippen molar-refractivity contribution in [2.24, 2.45) is 5.14 Å². The number of sulfonamides is 1. The van der Waals surface area contributed by atoms with Crippen LogP contribution >= 0.6 is 0 Å². The van der Waals surface area contributed by atoms with Crippen LogP contribution in [-0.4, -0.2) is 26.0 Å². The molecule has 0 aliphatic carbocycles. The molecule has 0 atom stereocenters. The molecule has 0 aliphatic heterocycles. The minimum absolute atomic E-state index is 0.166. The maximum absolute atomic E-state index is 11.1. The highest BCUT2D eigenvalue weighted by atomic mass is 32.2. The highest BCUT2D eigenvalue weighted by Crippen LogP contribution is 2.19. The van der Waals surface area contributed by atoms with Crippen LogP contribution in [0.2, 0.25) is 0 Å². The number of anilines is 2. The SMILES string of the molecule is Nc1cc(NCC(=O)O)cc(S(N)(=O)=O)c1. The Morgan fingerprint density at radius 3 is 2.50 bits per heavy atom. The van der Waals surface area contributed by atoms with Crippen molar-refractivity contribution >= 4 is 27.4 Å². The molecule has 0 aliphatic rings. The van der Waals surface area contributed by atoms with E-state index in [1.807, 2.05) is 0 Å². The van der Waals surface area contributed by atoms with Gasteiger partial charge in [-0.3, -0.25) is 4.79 Å². The first-order valence-corrected chi connectivity index (χ1v) is 5.73. The lowest BCUT2D eigenvalue weighted by atomic mass is 10.3. The summed E-state index contributed by atoms with van der Waals surface area (Å²) in [4.78, 5) is 10.1. The summed E-state index contributed by atoms with van der Waals surface area (Å²) >= 11 is 0. The molecule has 16 heavy (non-hydrogen) atoms. The van der Waals surface area contributed by atoms with Gasteiger partial charge in [0.25, 0.3) is 0 Å². The molecule has 0 saturated heterocycles. The average molecular weight is 245 g/mol. The highest BCUT2D eigenvalue weighted by Gasteiger charge is 2.10. The standard InChI is InChI=1S/C8H11N3O4S/c9-5-1-6(11-4-8(12)13)3-7(2-5)16(10,14)15/h1-3,11H,4,9H2,(H,12,13)(H2,10,14,15). The fourth-order valence-corrected chi connectivity index (χ4v) is 1.66. The third-order valence-corrected chi connectivity index (χ3v) is 2.59. The van der Waals surface area contributed by atoms with Crippen LogP contribution in [0.3, 0.4) is 0 Å². The number of carboxylic acid groups (broad SMARTS) is 1. The topological polar surface area (TPSA) is 136 Å². The van der Waals surface area contributed by atoms with Crippen LogP contribution in [0.25, 0.3) is 0 Å². The first-order chi connectivity index (χ1) is 7.29. The third-order valence-electron chi connectivity index (χ3n) is 1.70. The Morgan fingerprint density at radius 2 is 2.00 bits per heavy atom. The van der Waals surface area contributed by atoms with Gasteiger partial charge in [-0.25, -0.2) is 13.6 Å². The van der Waals surface area contributed by atoms with Crippen LogP contribution in [0.4, 0.5) is 11.4 Å². The van der Waals surface area contributed by atoms with Crippen molar-refractivity contribution in [3.8, 4) is 0 Å². The molecule has 7 nitrogen and oxygen atoms in total. The number of rotatable bonds is 4. The van der Waals surface area contributed by atoms with Crippen molar-refractivity contribution in [2.75, 3.05) is 17.6 Å². The van der Waals surface area contributed by atoms with Crippen LogP contribution < -0.4 is 16.2 Å². The summed E-state index contributed by atoms with van der Waals surface area (Å²) in [7, 11) is -3.85. The lowest BCUT2D eigenvalue weighted by Crippen LogP contribution is -2.15. The van der Waals surface area contributed by atoms with Crippen LogP contribution in [0, 0.1) is 0 Å². The van der Waals surface area contributed by atoms with Crippen molar-refractivity contribution < 1.29 is 18.3 Å². The predicted molar refractivity (Wildman–Crippen MR) is 58.4 cm³/mol. The van der Waals surface area contributed by atoms with E-state index >= 15 is 0 Å². The molecule has 1 rings (SSSR count). The summed E-state index contributed by atoms with van der Waals surface area (Å²) in [6.45, 7) is -0.340. The number of benzene rings is 1. The number of nitrogen functional groups attached to an aromatic ring is 1. The van der Waals surface area contributed by atoms with Crippen molar-refractivity contribution in [3.63, 3.8) is 0 Å². The largest absolute Gasteiger partial charge is 0.480 e. The first kappa shape index (κ1) is 12.3. The average Bonchev–Trinajstić information content (AvgIpc) is 2.12. The van der Waals surface area contributed by atoms with Gasteiger partial charge in [0.2, 0.25) is 10.0 Å². The van der Waals surface area contributed by atoms with Gasteiger partial charge in [0.1, 0.15) is 6.54 Å². The molecule has 0 heterocycles. The molecule has 0 fully saturated rings. The van der Waals surface area contributed by atoms with Gasteiger partial charge < -0.3 is 16.2 Å². The van der Waals surface area contributed by atoms with E-state index < -0.39 is 16.0 Å². The van der Waals surface area contributed by atoms with Crippen molar-refractivity contribution in [3.05, 3.63) is 18.2 Å².